The molecular weight excluding hydrogens is 548 g/mol. The maximum atomic E-state index is 14.0. The number of rotatable bonds is 10. The molecular formula is C29H39BrN4O4. The molecule has 3 heterocycles. The fraction of sp³-hybridized carbons (Fsp3) is 0.621. The average Bonchev–Trinajstić information content (AvgIpc) is 3.55. The van der Waals surface area contributed by atoms with Crippen LogP contribution >= 0.6 is 15.9 Å². The highest BCUT2D eigenvalue weighted by Crippen LogP contribution is 2.55. The summed E-state index contributed by atoms with van der Waals surface area (Å²) >= 11 is 3.42. The fourth-order valence-corrected chi connectivity index (χ4v) is 6.88. The summed E-state index contributed by atoms with van der Waals surface area (Å²) in [5, 5.41) is 6.22. The van der Waals surface area contributed by atoms with Gasteiger partial charge in [-0.05, 0) is 57.1 Å². The number of nitrogens with zero attached hydrogens (tertiary/aromatic N) is 2. The zero-order chi connectivity index (χ0) is 26.9. The van der Waals surface area contributed by atoms with E-state index in [0.717, 1.165) is 49.5 Å². The molecule has 2 bridgehead atoms. The Balaban J connectivity index is 1.39. The lowest BCUT2D eigenvalue weighted by molar-refractivity contribution is -0.141. The summed E-state index contributed by atoms with van der Waals surface area (Å²) < 4.78 is 7.37. The third-order valence-electron chi connectivity index (χ3n) is 8.60. The van der Waals surface area contributed by atoms with Crippen LogP contribution in [0.25, 0.3) is 0 Å². The first-order chi connectivity index (χ1) is 18.3. The summed E-state index contributed by atoms with van der Waals surface area (Å²) in [6.07, 6.45) is 10.7. The second kappa shape index (κ2) is 11.5. The Bertz CT molecular complexity index is 1070. The van der Waals surface area contributed by atoms with E-state index in [1.807, 2.05) is 43.5 Å². The Kier molecular flexibility index (Phi) is 8.26. The molecule has 3 fully saturated rings. The molecule has 3 amide bonds. The first kappa shape index (κ1) is 27.3. The zero-order valence-corrected chi connectivity index (χ0v) is 23.9. The van der Waals surface area contributed by atoms with Crippen molar-refractivity contribution in [2.45, 2.75) is 75.7 Å². The molecule has 38 heavy (non-hydrogen) atoms. The van der Waals surface area contributed by atoms with Gasteiger partial charge in [0.15, 0.2) is 0 Å². The van der Waals surface area contributed by atoms with Gasteiger partial charge in [0.2, 0.25) is 17.7 Å². The van der Waals surface area contributed by atoms with Crippen molar-refractivity contribution in [1.82, 2.24) is 15.1 Å². The number of nitrogens with one attached hydrogen (secondary N) is 2. The lowest BCUT2D eigenvalue weighted by Gasteiger charge is -2.34. The molecule has 1 aromatic carbocycles. The predicted octanol–water partition coefficient (Wildman–Crippen LogP) is 3.72. The van der Waals surface area contributed by atoms with E-state index in [4.69, 9.17) is 4.74 Å². The van der Waals surface area contributed by atoms with Crippen LogP contribution < -0.4 is 10.6 Å². The summed E-state index contributed by atoms with van der Waals surface area (Å²) in [5.41, 5.74) is -0.463. The lowest BCUT2D eigenvalue weighted by atomic mass is 9.74. The van der Waals surface area contributed by atoms with Gasteiger partial charge in [0.05, 0.1) is 17.9 Å². The van der Waals surface area contributed by atoms with Gasteiger partial charge in [-0.1, -0.05) is 60.7 Å². The maximum Gasteiger partial charge on any atom is 0.246 e. The summed E-state index contributed by atoms with van der Waals surface area (Å²) in [7, 11) is 2.04. The quantitative estimate of drug-likeness (QED) is 0.408. The van der Waals surface area contributed by atoms with Crippen LogP contribution in [0.3, 0.4) is 0 Å². The van der Waals surface area contributed by atoms with Crippen molar-refractivity contribution < 1.29 is 19.1 Å². The summed E-state index contributed by atoms with van der Waals surface area (Å²) in [4.78, 5) is 45.4. The van der Waals surface area contributed by atoms with Gasteiger partial charge in [-0.15, -0.1) is 0 Å². The number of unbranched alkanes of at least 4 members (excludes halogenated alkanes) is 1. The Morgan fingerprint density at radius 1 is 1.13 bits per heavy atom. The molecule has 0 radical (unpaired) electrons. The number of ether oxygens (including phenoxy) is 1. The number of benzene rings is 1. The maximum absolute atomic E-state index is 14.0. The molecule has 1 aliphatic carbocycles. The van der Waals surface area contributed by atoms with Gasteiger partial charge >= 0.3 is 0 Å². The van der Waals surface area contributed by atoms with E-state index in [0.29, 0.717) is 18.8 Å². The average molecular weight is 588 g/mol. The van der Waals surface area contributed by atoms with Crippen LogP contribution in [-0.2, 0) is 19.1 Å². The number of hydrogen-bond donors (Lipinski definition) is 2. The van der Waals surface area contributed by atoms with Crippen LogP contribution in [0.4, 0.5) is 5.69 Å². The van der Waals surface area contributed by atoms with Crippen LogP contribution in [0.2, 0.25) is 0 Å². The molecule has 3 aliphatic heterocycles. The van der Waals surface area contributed by atoms with Crippen LogP contribution in [0.1, 0.15) is 51.9 Å². The number of carbonyl (C=O) groups is 3. The minimum atomic E-state index is -1.12. The number of halogens is 1. The largest absolute Gasteiger partial charge is 0.359 e. The molecule has 206 valence electrons. The Labute approximate surface area is 233 Å². The van der Waals surface area contributed by atoms with Crippen molar-refractivity contribution in [2.75, 3.05) is 32.0 Å². The van der Waals surface area contributed by atoms with Gasteiger partial charge in [0.25, 0.3) is 0 Å². The van der Waals surface area contributed by atoms with E-state index in [-0.39, 0.29) is 23.8 Å². The SMILES string of the molecule is CCCCN(C)CCN1C(=O)[C@@H]2[C@@H](C(=O)Nc3ccc(Br)cc3)[C@@H]3C=C[C@@]2(O3)[C@H]1C(=O)NC1CCCCC1. The van der Waals surface area contributed by atoms with Crippen molar-refractivity contribution in [3.05, 3.63) is 40.9 Å². The van der Waals surface area contributed by atoms with E-state index in [2.05, 4.69) is 38.4 Å². The van der Waals surface area contributed by atoms with E-state index >= 15 is 0 Å². The normalized spacial score (nSPS) is 30.2. The highest BCUT2D eigenvalue weighted by molar-refractivity contribution is 9.10. The van der Waals surface area contributed by atoms with Gasteiger partial charge < -0.3 is 25.2 Å². The number of carbonyl (C=O) groups excluding carboxylic acids is 3. The number of fused-ring (bicyclic) bond motifs is 1. The summed E-state index contributed by atoms with van der Waals surface area (Å²) in [5.74, 6) is -2.00. The summed E-state index contributed by atoms with van der Waals surface area (Å²) in [6, 6.07) is 6.69. The minimum Gasteiger partial charge on any atom is -0.359 e. The molecule has 4 aliphatic rings. The standard InChI is InChI=1S/C29H39BrN4O4/c1-3-4-16-33(2)17-18-34-25(27(36)32-20-8-6-5-7-9-20)29-15-14-22(38-29)23(24(29)28(34)37)26(35)31-21-12-10-19(30)11-13-21/h10-15,20,22-25H,3-9,16-18H2,1-2H3,(H,31,35)(H,32,36)/t22-,23-,24-,25+,29-/m0/s1. The van der Waals surface area contributed by atoms with Gasteiger partial charge in [-0.3, -0.25) is 14.4 Å². The number of likely N-dealkylation sites (tertiary alicyclic amines) is 1. The van der Waals surface area contributed by atoms with Gasteiger partial charge in [-0.25, -0.2) is 0 Å². The molecule has 1 saturated carbocycles. The topological polar surface area (TPSA) is 91.0 Å². The first-order valence-corrected chi connectivity index (χ1v) is 14.9. The van der Waals surface area contributed by atoms with E-state index in [9.17, 15) is 14.4 Å². The molecule has 1 spiro atoms. The monoisotopic (exact) mass is 586 g/mol. The van der Waals surface area contributed by atoms with Crippen LogP contribution in [0.15, 0.2) is 40.9 Å². The van der Waals surface area contributed by atoms with Crippen molar-refractivity contribution in [3.63, 3.8) is 0 Å². The molecule has 0 aromatic heterocycles. The van der Waals surface area contributed by atoms with Crippen molar-refractivity contribution in [1.29, 1.82) is 0 Å². The molecule has 0 unspecified atom stereocenters. The molecule has 2 N–H and O–H groups in total. The fourth-order valence-electron chi connectivity index (χ4n) is 6.61. The van der Waals surface area contributed by atoms with E-state index < -0.39 is 29.6 Å². The number of anilines is 1. The second-order valence-corrected chi connectivity index (χ2v) is 12.1. The van der Waals surface area contributed by atoms with Gasteiger partial charge in [0.1, 0.15) is 11.6 Å². The number of hydrogen-bond acceptors (Lipinski definition) is 5. The van der Waals surface area contributed by atoms with Crippen LogP contribution in [0.5, 0.6) is 0 Å². The highest BCUT2D eigenvalue weighted by atomic mass is 79.9. The third-order valence-corrected chi connectivity index (χ3v) is 9.13. The number of amides is 3. The smallest absolute Gasteiger partial charge is 0.246 e. The molecule has 8 nitrogen and oxygen atoms in total. The van der Waals surface area contributed by atoms with E-state index in [1.165, 1.54) is 6.42 Å². The predicted molar refractivity (Wildman–Crippen MR) is 149 cm³/mol. The van der Waals surface area contributed by atoms with Crippen molar-refractivity contribution >= 4 is 39.3 Å². The molecule has 5 atom stereocenters. The van der Waals surface area contributed by atoms with E-state index in [1.54, 1.807) is 4.90 Å². The zero-order valence-electron chi connectivity index (χ0n) is 22.3. The number of likely N-dealkylation sites (N-methyl/N-ethyl adjacent to an activating group) is 1. The minimum absolute atomic E-state index is 0.120. The highest BCUT2D eigenvalue weighted by Gasteiger charge is 2.72. The summed E-state index contributed by atoms with van der Waals surface area (Å²) in [6.45, 7) is 4.17. The molecule has 1 aromatic rings. The first-order valence-electron chi connectivity index (χ1n) is 14.1. The second-order valence-electron chi connectivity index (χ2n) is 11.2. The van der Waals surface area contributed by atoms with Crippen LogP contribution in [-0.4, -0.2) is 78.0 Å². The Hall–Kier alpha value is -2.23. The third kappa shape index (κ3) is 5.17. The van der Waals surface area contributed by atoms with Crippen molar-refractivity contribution in [3.8, 4) is 0 Å². The van der Waals surface area contributed by atoms with Crippen LogP contribution in [0, 0.1) is 11.8 Å². The lowest BCUT2D eigenvalue weighted by Crippen LogP contribution is -2.57. The molecule has 2 saturated heterocycles. The Morgan fingerprint density at radius 3 is 2.58 bits per heavy atom. The Morgan fingerprint density at radius 2 is 1.87 bits per heavy atom. The van der Waals surface area contributed by atoms with Gasteiger partial charge in [0, 0.05) is 29.3 Å². The van der Waals surface area contributed by atoms with Gasteiger partial charge in [-0.2, -0.15) is 0 Å². The molecule has 5 rings (SSSR count). The molecule has 9 heteroatoms. The van der Waals surface area contributed by atoms with Crippen molar-refractivity contribution in [2.24, 2.45) is 11.8 Å².